The van der Waals surface area contributed by atoms with Gasteiger partial charge in [0.1, 0.15) is 30.0 Å². The lowest BCUT2D eigenvalue weighted by Crippen LogP contribution is -2.56. The number of nitriles is 1. The lowest BCUT2D eigenvalue weighted by Gasteiger charge is -2.43. The molecule has 12 nitrogen and oxygen atoms in total. The summed E-state index contributed by atoms with van der Waals surface area (Å²) < 4.78 is 31.5. The fourth-order valence-corrected chi connectivity index (χ4v) is 5.56. The summed E-state index contributed by atoms with van der Waals surface area (Å²) in [5, 5.41) is 13.0. The first-order valence-electron chi connectivity index (χ1n) is 14.3. The number of piperazine rings is 1. The Morgan fingerprint density at radius 1 is 1.09 bits per heavy atom. The highest BCUT2D eigenvalue weighted by atomic mass is 19.1. The number of nitrogens with zero attached hydrogens (tertiary/aromatic N) is 7. The minimum Gasteiger partial charge on any atom is -0.495 e. The number of anilines is 3. The van der Waals surface area contributed by atoms with Crippen LogP contribution in [0.3, 0.4) is 0 Å². The number of hydrogen-bond donors (Lipinski definition) is 1. The van der Waals surface area contributed by atoms with Crippen molar-refractivity contribution in [2.75, 3.05) is 69.8 Å². The Morgan fingerprint density at radius 2 is 1.93 bits per heavy atom. The third-order valence-corrected chi connectivity index (χ3v) is 8.10. The van der Waals surface area contributed by atoms with Crippen LogP contribution in [0.1, 0.15) is 12.0 Å². The molecule has 0 spiro atoms. The van der Waals surface area contributed by atoms with Crippen molar-refractivity contribution in [3.63, 3.8) is 0 Å². The Morgan fingerprint density at radius 3 is 2.63 bits per heavy atom. The van der Waals surface area contributed by atoms with Crippen LogP contribution >= 0.6 is 0 Å². The number of aromatic nitrogens is 3. The Balaban J connectivity index is 1.13. The quantitative estimate of drug-likeness (QED) is 0.371. The highest BCUT2D eigenvalue weighted by Crippen LogP contribution is 2.33. The van der Waals surface area contributed by atoms with Crippen molar-refractivity contribution < 1.29 is 23.4 Å². The number of rotatable bonds is 9. The summed E-state index contributed by atoms with van der Waals surface area (Å²) in [4.78, 5) is 30.2. The maximum atomic E-state index is 14.5. The van der Waals surface area contributed by atoms with Crippen molar-refractivity contribution in [1.82, 2.24) is 24.8 Å². The zero-order valence-corrected chi connectivity index (χ0v) is 23.9. The van der Waals surface area contributed by atoms with Crippen molar-refractivity contribution in [3.05, 3.63) is 48.3 Å². The van der Waals surface area contributed by atoms with Gasteiger partial charge in [-0.25, -0.2) is 14.4 Å². The third kappa shape index (κ3) is 6.30. The molecule has 2 atom stereocenters. The minimum absolute atomic E-state index is 0.0308. The van der Waals surface area contributed by atoms with Gasteiger partial charge in [-0.15, -0.1) is 0 Å². The van der Waals surface area contributed by atoms with Gasteiger partial charge < -0.3 is 29.3 Å². The van der Waals surface area contributed by atoms with Gasteiger partial charge in [-0.05, 0) is 30.3 Å². The summed E-state index contributed by atoms with van der Waals surface area (Å²) in [6, 6.07) is 13.5. The molecule has 1 amide bonds. The molecule has 3 fully saturated rings. The van der Waals surface area contributed by atoms with Gasteiger partial charge in [0.2, 0.25) is 12.4 Å². The van der Waals surface area contributed by atoms with E-state index in [1.807, 2.05) is 18.2 Å². The Bertz CT molecular complexity index is 1490. The highest BCUT2D eigenvalue weighted by molar-refractivity contribution is 5.68. The molecule has 1 aromatic heterocycles. The number of benzene rings is 2. The van der Waals surface area contributed by atoms with E-state index in [0.717, 1.165) is 56.5 Å². The summed E-state index contributed by atoms with van der Waals surface area (Å²) in [7, 11) is 1.66. The van der Waals surface area contributed by atoms with E-state index in [1.165, 1.54) is 11.2 Å². The molecule has 3 aromatic rings. The van der Waals surface area contributed by atoms with E-state index in [1.54, 1.807) is 25.3 Å². The minimum atomic E-state index is -1.34. The number of carbonyl (C=O) groups is 1. The number of hydrogen-bond acceptors (Lipinski definition) is 11. The van der Waals surface area contributed by atoms with Crippen LogP contribution in [0.5, 0.6) is 11.5 Å². The van der Waals surface area contributed by atoms with E-state index in [0.29, 0.717) is 42.8 Å². The van der Waals surface area contributed by atoms with E-state index < -0.39 is 12.3 Å². The fourth-order valence-electron chi connectivity index (χ4n) is 5.56. The molecule has 13 heteroatoms. The second-order valence-electron chi connectivity index (χ2n) is 10.7. The number of piperidine rings is 1. The van der Waals surface area contributed by atoms with Crippen LogP contribution in [0.4, 0.5) is 21.7 Å². The van der Waals surface area contributed by atoms with Crippen LogP contribution in [-0.2, 0) is 9.53 Å². The molecule has 224 valence electrons. The maximum absolute atomic E-state index is 14.5. The van der Waals surface area contributed by atoms with Crippen molar-refractivity contribution in [1.29, 1.82) is 5.26 Å². The molecule has 3 aliphatic rings. The monoisotopic (exact) mass is 588 g/mol. The molecule has 1 N–H and O–H groups in total. The van der Waals surface area contributed by atoms with Gasteiger partial charge in [0.05, 0.1) is 44.2 Å². The number of nitrogens with one attached hydrogen (secondary N) is 1. The molecule has 43 heavy (non-hydrogen) atoms. The summed E-state index contributed by atoms with van der Waals surface area (Å²) in [6.45, 7) is 5.83. The fraction of sp³-hybridized carbons (Fsp3) is 0.433. The summed E-state index contributed by atoms with van der Waals surface area (Å²) >= 11 is 0. The number of methoxy groups -OCH3 is 1. The van der Waals surface area contributed by atoms with Gasteiger partial charge in [0.25, 0.3) is 0 Å². The van der Waals surface area contributed by atoms with Crippen molar-refractivity contribution in [2.45, 2.75) is 24.7 Å². The largest absolute Gasteiger partial charge is 0.495 e. The number of ether oxygens (including phenoxy) is 3. The van der Waals surface area contributed by atoms with Crippen molar-refractivity contribution in [3.8, 4) is 29.0 Å². The lowest BCUT2D eigenvalue weighted by atomic mass is 10.1. The van der Waals surface area contributed by atoms with Gasteiger partial charge in [0, 0.05) is 56.5 Å². The van der Waals surface area contributed by atoms with Crippen LogP contribution in [0.15, 0.2) is 42.7 Å². The van der Waals surface area contributed by atoms with Crippen LogP contribution in [0.2, 0.25) is 0 Å². The lowest BCUT2D eigenvalue weighted by molar-refractivity contribution is -0.121. The molecule has 0 radical (unpaired) electrons. The van der Waals surface area contributed by atoms with Gasteiger partial charge >= 0.3 is 0 Å². The first-order chi connectivity index (χ1) is 21.0. The molecular weight excluding hydrogens is 555 g/mol. The standard InChI is InChI=1S/C30H33FN8O4/c1-41-28-13-22(3-4-25(28)39-10-8-38(9-11-39)23-16-42-17-23)35-30-34-18-33-29(36-30)20-2-5-26(21(12-20)14-32)43-27-6-7-37(19-40)15-24(27)31/h2-5,12-13,18-19,23-24,27H,6-11,15-17H2,1H3,(H,33,34,35,36)/t24-,27+/m1/s1. The van der Waals surface area contributed by atoms with Crippen LogP contribution < -0.4 is 19.7 Å². The van der Waals surface area contributed by atoms with Crippen molar-refractivity contribution in [2.24, 2.45) is 0 Å². The second-order valence-corrected chi connectivity index (χ2v) is 10.7. The van der Waals surface area contributed by atoms with Gasteiger partial charge in [-0.1, -0.05) is 0 Å². The zero-order chi connectivity index (χ0) is 29.8. The average Bonchev–Trinajstić information content (AvgIpc) is 3.02. The second kappa shape index (κ2) is 12.8. The highest BCUT2D eigenvalue weighted by Gasteiger charge is 2.31. The average molecular weight is 589 g/mol. The number of carbonyl (C=O) groups excluding carboxylic acids is 1. The van der Waals surface area contributed by atoms with E-state index in [9.17, 15) is 14.4 Å². The molecule has 2 aromatic carbocycles. The molecule has 0 aliphatic carbocycles. The molecule has 0 saturated carbocycles. The maximum Gasteiger partial charge on any atom is 0.230 e. The van der Waals surface area contributed by atoms with Gasteiger partial charge in [-0.3, -0.25) is 9.69 Å². The Hall–Kier alpha value is -4.54. The van der Waals surface area contributed by atoms with Crippen LogP contribution in [0, 0.1) is 11.3 Å². The van der Waals surface area contributed by atoms with Gasteiger partial charge in [0.15, 0.2) is 12.0 Å². The number of alkyl halides is 1. The zero-order valence-electron chi connectivity index (χ0n) is 23.9. The predicted molar refractivity (Wildman–Crippen MR) is 156 cm³/mol. The van der Waals surface area contributed by atoms with E-state index in [4.69, 9.17) is 14.2 Å². The number of halogens is 1. The van der Waals surface area contributed by atoms with E-state index >= 15 is 0 Å². The first-order valence-corrected chi connectivity index (χ1v) is 14.3. The normalized spacial score (nSPS) is 21.0. The predicted octanol–water partition coefficient (Wildman–Crippen LogP) is 2.63. The number of amides is 1. The van der Waals surface area contributed by atoms with E-state index in [2.05, 4.69) is 36.1 Å². The first kappa shape index (κ1) is 28.6. The topological polar surface area (TPSA) is 129 Å². The smallest absolute Gasteiger partial charge is 0.230 e. The third-order valence-electron chi connectivity index (χ3n) is 8.10. The summed E-state index contributed by atoms with van der Waals surface area (Å²) in [6.07, 6.45) is 0.295. The van der Waals surface area contributed by atoms with Gasteiger partial charge in [-0.2, -0.15) is 10.2 Å². The van der Waals surface area contributed by atoms with E-state index in [-0.39, 0.29) is 17.9 Å². The van der Waals surface area contributed by atoms with Crippen molar-refractivity contribution >= 4 is 23.7 Å². The molecule has 6 rings (SSSR count). The van der Waals surface area contributed by atoms with Crippen LogP contribution in [-0.4, -0.2) is 109 Å². The molecule has 3 saturated heterocycles. The summed E-state index contributed by atoms with van der Waals surface area (Å²) in [5.74, 6) is 1.72. The molecular formula is C30H33FN8O4. The molecule has 4 heterocycles. The molecule has 0 unspecified atom stereocenters. The van der Waals surface area contributed by atoms with Crippen LogP contribution in [0.25, 0.3) is 11.4 Å². The molecule has 3 aliphatic heterocycles. The Kier molecular flexibility index (Phi) is 8.48. The summed E-state index contributed by atoms with van der Waals surface area (Å²) in [5.41, 5.74) is 2.61. The number of likely N-dealkylation sites (tertiary alicyclic amines) is 1. The SMILES string of the molecule is COc1cc(Nc2ncnc(-c3ccc(O[C@H]4CCN(C=O)C[C@H]4F)c(C#N)c3)n2)ccc1N1CCN(C2COC2)CC1. The Labute approximate surface area is 249 Å². The molecule has 0 bridgehead atoms.